The predicted molar refractivity (Wildman–Crippen MR) is 52.0 cm³/mol. The first kappa shape index (κ1) is 7.23. The van der Waals surface area contributed by atoms with Gasteiger partial charge in [-0.2, -0.15) is 5.10 Å². The molecule has 0 aliphatic carbocycles. The first-order valence-corrected chi connectivity index (χ1v) is 4.92. The molecule has 2 aromatic heterocycles. The lowest BCUT2D eigenvalue weighted by molar-refractivity contribution is 0.869. The van der Waals surface area contributed by atoms with Crippen molar-refractivity contribution in [2.75, 3.05) is 0 Å². The van der Waals surface area contributed by atoms with Crippen molar-refractivity contribution in [3.8, 4) is 5.13 Å². The van der Waals surface area contributed by atoms with E-state index in [1.807, 2.05) is 17.8 Å². The molecule has 0 unspecified atom stereocenters. The van der Waals surface area contributed by atoms with Gasteiger partial charge in [0.2, 0.25) is 5.13 Å². The summed E-state index contributed by atoms with van der Waals surface area (Å²) in [7, 11) is 0. The zero-order valence-corrected chi connectivity index (χ0v) is 8.41. The lowest BCUT2D eigenvalue weighted by Gasteiger charge is -1.90. The first-order chi connectivity index (χ1) is 5.36. The molecule has 0 fully saturated rings. The molecule has 0 saturated heterocycles. The van der Waals surface area contributed by atoms with Gasteiger partial charge in [-0.3, -0.25) is 0 Å². The molecule has 0 bridgehead atoms. The summed E-state index contributed by atoms with van der Waals surface area (Å²) in [6, 6.07) is 0. The Morgan fingerprint density at radius 2 is 2.45 bits per heavy atom. The maximum Gasteiger partial charge on any atom is 0.210 e. The molecule has 3 nitrogen and oxygen atoms in total. The largest absolute Gasteiger partial charge is 0.227 e. The summed E-state index contributed by atoms with van der Waals surface area (Å²) < 4.78 is 2.89. The molecule has 0 radical (unpaired) electrons. The van der Waals surface area contributed by atoms with Crippen LogP contribution in [0.25, 0.3) is 5.13 Å². The van der Waals surface area contributed by atoms with E-state index in [2.05, 4.69) is 32.7 Å². The van der Waals surface area contributed by atoms with Gasteiger partial charge in [0.15, 0.2) is 0 Å². The van der Waals surface area contributed by atoms with Gasteiger partial charge >= 0.3 is 0 Å². The maximum atomic E-state index is 4.12. The fourth-order valence-electron chi connectivity index (χ4n) is 0.735. The quantitative estimate of drug-likeness (QED) is 0.746. The molecule has 11 heavy (non-hydrogen) atoms. The molecule has 0 saturated carbocycles. The Morgan fingerprint density at radius 3 is 3.00 bits per heavy atom. The van der Waals surface area contributed by atoms with Crippen molar-refractivity contribution in [1.82, 2.24) is 14.8 Å². The molecule has 2 rings (SSSR count). The SMILES string of the molecule is Ic1cnn(-c2nccs2)c1. The Kier molecular flexibility index (Phi) is 1.91. The Balaban J connectivity index is 2.45. The van der Waals surface area contributed by atoms with E-state index in [1.165, 1.54) is 0 Å². The van der Waals surface area contributed by atoms with Crippen molar-refractivity contribution in [3.63, 3.8) is 0 Å². The van der Waals surface area contributed by atoms with Crippen LogP contribution in [-0.2, 0) is 0 Å². The monoisotopic (exact) mass is 277 g/mol. The number of halogens is 1. The maximum absolute atomic E-state index is 4.12. The zero-order chi connectivity index (χ0) is 7.68. The summed E-state index contributed by atoms with van der Waals surface area (Å²) in [4.78, 5) is 4.12. The lowest BCUT2D eigenvalue weighted by atomic mass is 10.7. The van der Waals surface area contributed by atoms with E-state index in [0.29, 0.717) is 0 Å². The van der Waals surface area contributed by atoms with Crippen LogP contribution in [0.15, 0.2) is 24.0 Å². The number of hydrogen-bond acceptors (Lipinski definition) is 3. The van der Waals surface area contributed by atoms with Crippen molar-refractivity contribution < 1.29 is 0 Å². The normalized spacial score (nSPS) is 10.3. The van der Waals surface area contributed by atoms with Gasteiger partial charge < -0.3 is 0 Å². The van der Waals surface area contributed by atoms with Gasteiger partial charge in [0.25, 0.3) is 0 Å². The van der Waals surface area contributed by atoms with Gasteiger partial charge in [0.05, 0.1) is 9.77 Å². The van der Waals surface area contributed by atoms with Crippen LogP contribution in [0.4, 0.5) is 0 Å². The molecule has 0 aliphatic rings. The second-order valence-corrected chi connectivity index (χ2v) is 4.04. The summed E-state index contributed by atoms with van der Waals surface area (Å²) in [6.45, 7) is 0. The molecule has 56 valence electrons. The van der Waals surface area contributed by atoms with Gasteiger partial charge in [0, 0.05) is 17.8 Å². The van der Waals surface area contributed by atoms with Gasteiger partial charge in [-0.25, -0.2) is 9.67 Å². The Labute approximate surface area is 81.2 Å². The minimum Gasteiger partial charge on any atom is -0.227 e. The summed E-state index contributed by atoms with van der Waals surface area (Å²) in [5.41, 5.74) is 0. The predicted octanol–water partition coefficient (Wildman–Crippen LogP) is 1.93. The average Bonchev–Trinajstić information content (AvgIpc) is 2.55. The molecule has 2 heterocycles. The van der Waals surface area contributed by atoms with E-state index in [-0.39, 0.29) is 0 Å². The highest BCUT2D eigenvalue weighted by Gasteiger charge is 1.98. The van der Waals surface area contributed by atoms with Crippen molar-refractivity contribution in [1.29, 1.82) is 0 Å². The van der Waals surface area contributed by atoms with E-state index >= 15 is 0 Å². The highest BCUT2D eigenvalue weighted by Crippen LogP contribution is 2.11. The van der Waals surface area contributed by atoms with Gasteiger partial charge in [-0.05, 0) is 22.6 Å². The van der Waals surface area contributed by atoms with Crippen LogP contribution >= 0.6 is 33.9 Å². The van der Waals surface area contributed by atoms with Gasteiger partial charge in [0.1, 0.15) is 0 Å². The highest BCUT2D eigenvalue weighted by atomic mass is 127. The smallest absolute Gasteiger partial charge is 0.210 e. The van der Waals surface area contributed by atoms with Gasteiger partial charge in [-0.15, -0.1) is 11.3 Å². The molecule has 0 spiro atoms. The second-order valence-electron chi connectivity index (χ2n) is 1.92. The van der Waals surface area contributed by atoms with Crippen LogP contribution in [0.2, 0.25) is 0 Å². The van der Waals surface area contributed by atoms with E-state index < -0.39 is 0 Å². The standard InChI is InChI=1S/C6H4IN3S/c7-5-3-9-10(4-5)6-8-1-2-11-6/h1-4H. The summed E-state index contributed by atoms with van der Waals surface area (Å²) >= 11 is 3.79. The van der Waals surface area contributed by atoms with E-state index in [9.17, 15) is 0 Å². The van der Waals surface area contributed by atoms with Crippen LogP contribution in [0, 0.1) is 3.57 Å². The fourth-order valence-corrected chi connectivity index (χ4v) is 1.70. The molecular formula is C6H4IN3S. The number of nitrogens with zero attached hydrogens (tertiary/aromatic N) is 3. The minimum absolute atomic E-state index is 0.910. The average molecular weight is 277 g/mol. The molecule has 0 amide bonds. The second kappa shape index (κ2) is 2.90. The van der Waals surface area contributed by atoms with Crippen molar-refractivity contribution >= 4 is 33.9 Å². The molecule has 0 atom stereocenters. The summed E-state index contributed by atoms with van der Waals surface area (Å²) in [6.07, 6.45) is 5.52. The van der Waals surface area contributed by atoms with E-state index in [4.69, 9.17) is 0 Å². The number of rotatable bonds is 1. The van der Waals surface area contributed by atoms with Crippen molar-refractivity contribution in [2.24, 2.45) is 0 Å². The Morgan fingerprint density at radius 1 is 1.55 bits per heavy atom. The van der Waals surface area contributed by atoms with Crippen LogP contribution < -0.4 is 0 Å². The van der Waals surface area contributed by atoms with E-state index in [0.717, 1.165) is 8.70 Å². The lowest BCUT2D eigenvalue weighted by Crippen LogP contribution is -1.91. The third-order valence-corrected chi connectivity index (χ3v) is 2.48. The van der Waals surface area contributed by atoms with Gasteiger partial charge in [-0.1, -0.05) is 0 Å². The first-order valence-electron chi connectivity index (χ1n) is 2.96. The third-order valence-electron chi connectivity index (χ3n) is 1.17. The van der Waals surface area contributed by atoms with Crippen LogP contribution in [-0.4, -0.2) is 14.8 Å². The third kappa shape index (κ3) is 1.43. The molecule has 2 aromatic rings. The summed E-state index contributed by atoms with van der Waals surface area (Å²) in [5, 5.41) is 6.96. The van der Waals surface area contributed by atoms with E-state index in [1.54, 1.807) is 22.2 Å². The fraction of sp³-hybridized carbons (Fsp3) is 0. The van der Waals surface area contributed by atoms with Crippen LogP contribution in [0.1, 0.15) is 0 Å². The van der Waals surface area contributed by atoms with Crippen molar-refractivity contribution in [2.45, 2.75) is 0 Å². The highest BCUT2D eigenvalue weighted by molar-refractivity contribution is 14.1. The molecule has 0 aromatic carbocycles. The topological polar surface area (TPSA) is 30.7 Å². The Bertz CT molecular complexity index is 340. The molecule has 0 N–H and O–H groups in total. The number of hydrogen-bond donors (Lipinski definition) is 0. The summed E-state index contributed by atoms with van der Waals surface area (Å²) in [5.74, 6) is 0. The molecular weight excluding hydrogens is 273 g/mol. The molecule has 5 heteroatoms. The number of aromatic nitrogens is 3. The van der Waals surface area contributed by atoms with Crippen molar-refractivity contribution in [3.05, 3.63) is 27.5 Å². The number of thiazole rings is 1. The van der Waals surface area contributed by atoms with Crippen LogP contribution in [0.3, 0.4) is 0 Å². The Hall–Kier alpha value is -0.430. The minimum atomic E-state index is 0.910. The zero-order valence-electron chi connectivity index (χ0n) is 5.44. The molecule has 0 aliphatic heterocycles. The van der Waals surface area contributed by atoms with Crippen LogP contribution in [0.5, 0.6) is 0 Å².